The van der Waals surface area contributed by atoms with Crippen molar-refractivity contribution in [2.24, 2.45) is 0 Å². The van der Waals surface area contributed by atoms with E-state index in [2.05, 4.69) is 30.5 Å². The van der Waals surface area contributed by atoms with Crippen molar-refractivity contribution in [3.05, 3.63) is 84.3 Å². The van der Waals surface area contributed by atoms with Gasteiger partial charge in [0.15, 0.2) is 28.8 Å². The molecule has 1 aliphatic heterocycles. The second-order valence-corrected chi connectivity index (χ2v) is 10.3. The number of rotatable bonds is 11. The molecule has 0 saturated carbocycles. The Morgan fingerprint density at radius 1 is 1.04 bits per heavy atom. The van der Waals surface area contributed by atoms with Gasteiger partial charge in [-0.25, -0.2) is 9.07 Å². The average Bonchev–Trinajstić information content (AvgIpc) is 3.46. The van der Waals surface area contributed by atoms with Crippen LogP contribution in [0.2, 0.25) is 0 Å². The van der Waals surface area contributed by atoms with Crippen LogP contribution in [0, 0.1) is 12.7 Å². The third kappa shape index (κ3) is 6.84. The first kappa shape index (κ1) is 29.9. The maximum atomic E-state index is 15.2. The zero-order valence-electron chi connectivity index (χ0n) is 24.9. The Bertz CT molecular complexity index is 1790. The van der Waals surface area contributed by atoms with E-state index >= 15 is 4.39 Å². The number of hydrogen-bond donors (Lipinski definition) is 1. The number of carbonyl (C=O) groups excluding carboxylic acids is 1. The average molecular weight is 614 g/mol. The molecule has 0 atom stereocenters. The lowest BCUT2D eigenvalue weighted by atomic mass is 10.1. The largest absolute Gasteiger partial charge is 0.493 e. The van der Waals surface area contributed by atoms with Gasteiger partial charge in [0.25, 0.3) is 5.91 Å². The second kappa shape index (κ2) is 13.7. The number of pyridine rings is 2. The standard InChI is InChI=1S/C32H32FN7O5/c1-21-31(37-38-40(21)23-5-3-9-34-20-23)32(41)36-22-6-7-28(25(33)17-22)45-27-8-10-35-26-19-30(29(42-2)18-24(26)27)44-14-4-11-39-12-15-43-16-13-39/h3,5-10,17-20H,4,11-16H2,1-2H3,(H,36,41). The maximum Gasteiger partial charge on any atom is 0.278 e. The SMILES string of the molecule is COc1cc2c(Oc3ccc(NC(=O)c4nnn(-c5cccnc5)c4C)cc3F)ccnc2cc1OCCCN1CCOCC1. The van der Waals surface area contributed by atoms with Gasteiger partial charge in [-0.15, -0.1) is 5.10 Å². The molecule has 232 valence electrons. The highest BCUT2D eigenvalue weighted by Gasteiger charge is 2.19. The number of amides is 1. The number of fused-ring (bicyclic) bond motifs is 1. The molecule has 12 nitrogen and oxygen atoms in total. The first-order valence-electron chi connectivity index (χ1n) is 14.5. The van der Waals surface area contributed by atoms with E-state index in [9.17, 15) is 4.79 Å². The number of nitrogens with one attached hydrogen (secondary N) is 1. The zero-order valence-corrected chi connectivity index (χ0v) is 24.9. The molecule has 45 heavy (non-hydrogen) atoms. The molecule has 1 amide bonds. The van der Waals surface area contributed by atoms with Gasteiger partial charge in [-0.2, -0.15) is 0 Å². The molecule has 1 N–H and O–H groups in total. The molecule has 0 unspecified atom stereocenters. The normalized spacial score (nSPS) is 13.5. The number of halogens is 1. The van der Waals surface area contributed by atoms with Crippen LogP contribution < -0.4 is 19.5 Å². The molecule has 13 heteroatoms. The van der Waals surface area contributed by atoms with Crippen molar-refractivity contribution >= 4 is 22.5 Å². The molecular formula is C32H32FN7O5. The van der Waals surface area contributed by atoms with Gasteiger partial charge in [0.1, 0.15) is 5.75 Å². The molecule has 0 radical (unpaired) electrons. The zero-order chi connectivity index (χ0) is 31.2. The Balaban J connectivity index is 1.13. The number of morpholine rings is 1. The molecule has 1 aliphatic rings. The molecule has 6 rings (SSSR count). The summed E-state index contributed by atoms with van der Waals surface area (Å²) in [7, 11) is 1.56. The fourth-order valence-corrected chi connectivity index (χ4v) is 5.02. The van der Waals surface area contributed by atoms with Crippen LogP contribution in [0.1, 0.15) is 22.6 Å². The highest BCUT2D eigenvalue weighted by Crippen LogP contribution is 2.38. The van der Waals surface area contributed by atoms with E-state index in [0.29, 0.717) is 46.1 Å². The summed E-state index contributed by atoms with van der Waals surface area (Å²) in [4.78, 5) is 23.8. The van der Waals surface area contributed by atoms with Gasteiger partial charge in [-0.1, -0.05) is 5.21 Å². The van der Waals surface area contributed by atoms with Gasteiger partial charge < -0.3 is 24.3 Å². The van der Waals surface area contributed by atoms with E-state index in [4.69, 9.17) is 18.9 Å². The van der Waals surface area contributed by atoms with Crippen LogP contribution in [0.4, 0.5) is 10.1 Å². The lowest BCUT2D eigenvalue weighted by molar-refractivity contribution is 0.0357. The van der Waals surface area contributed by atoms with Crippen LogP contribution in [0.3, 0.4) is 0 Å². The van der Waals surface area contributed by atoms with Gasteiger partial charge in [-0.3, -0.25) is 19.7 Å². The fraction of sp³-hybridized carbons (Fsp3) is 0.281. The van der Waals surface area contributed by atoms with Gasteiger partial charge >= 0.3 is 0 Å². The summed E-state index contributed by atoms with van der Waals surface area (Å²) in [6, 6.07) is 12.9. The third-order valence-corrected chi connectivity index (χ3v) is 7.38. The van der Waals surface area contributed by atoms with Gasteiger partial charge in [0, 0.05) is 55.2 Å². The summed E-state index contributed by atoms with van der Waals surface area (Å²) in [5, 5.41) is 11.3. The Morgan fingerprint density at radius 3 is 2.69 bits per heavy atom. The number of carbonyl (C=O) groups is 1. The molecule has 1 fully saturated rings. The molecule has 0 bridgehead atoms. The van der Waals surface area contributed by atoms with Crippen molar-refractivity contribution in [1.29, 1.82) is 0 Å². The highest BCUT2D eigenvalue weighted by atomic mass is 19.1. The lowest BCUT2D eigenvalue weighted by Gasteiger charge is -2.26. The van der Waals surface area contributed by atoms with E-state index < -0.39 is 11.7 Å². The number of methoxy groups -OCH3 is 1. The summed E-state index contributed by atoms with van der Waals surface area (Å²) < 4.78 is 39.7. The van der Waals surface area contributed by atoms with Crippen LogP contribution in [-0.2, 0) is 4.74 Å². The molecule has 4 heterocycles. The van der Waals surface area contributed by atoms with Crippen LogP contribution >= 0.6 is 0 Å². The van der Waals surface area contributed by atoms with E-state index in [1.54, 1.807) is 69.0 Å². The molecule has 3 aromatic heterocycles. The van der Waals surface area contributed by atoms with Crippen molar-refractivity contribution in [3.63, 3.8) is 0 Å². The first-order valence-corrected chi connectivity index (χ1v) is 14.5. The van der Waals surface area contributed by atoms with Crippen LogP contribution in [-0.4, -0.2) is 82.3 Å². The smallest absolute Gasteiger partial charge is 0.278 e. The maximum absolute atomic E-state index is 15.2. The van der Waals surface area contributed by atoms with Gasteiger partial charge in [0.2, 0.25) is 0 Å². The number of aromatic nitrogens is 5. The molecular weight excluding hydrogens is 581 g/mol. The van der Waals surface area contributed by atoms with E-state index in [-0.39, 0.29) is 17.1 Å². The molecule has 1 saturated heterocycles. The van der Waals surface area contributed by atoms with Crippen molar-refractivity contribution in [3.8, 4) is 28.7 Å². The summed E-state index contributed by atoms with van der Waals surface area (Å²) in [5.41, 5.74) is 2.13. The van der Waals surface area contributed by atoms with Crippen LogP contribution in [0.5, 0.6) is 23.0 Å². The second-order valence-electron chi connectivity index (χ2n) is 10.3. The third-order valence-electron chi connectivity index (χ3n) is 7.38. The highest BCUT2D eigenvalue weighted by molar-refractivity contribution is 6.03. The summed E-state index contributed by atoms with van der Waals surface area (Å²) in [6.07, 6.45) is 5.69. The number of benzene rings is 2. The van der Waals surface area contributed by atoms with Crippen LogP contribution in [0.25, 0.3) is 16.6 Å². The topological polar surface area (TPSA) is 126 Å². The minimum atomic E-state index is -0.666. The lowest BCUT2D eigenvalue weighted by Crippen LogP contribution is -2.37. The minimum absolute atomic E-state index is 0.0263. The van der Waals surface area contributed by atoms with E-state index in [1.165, 1.54) is 16.8 Å². The minimum Gasteiger partial charge on any atom is -0.493 e. The van der Waals surface area contributed by atoms with Gasteiger partial charge in [0.05, 0.1) is 50.0 Å². The number of hydrogen-bond acceptors (Lipinski definition) is 10. The quantitative estimate of drug-likeness (QED) is 0.207. The Hall–Kier alpha value is -5.14. The predicted molar refractivity (Wildman–Crippen MR) is 164 cm³/mol. The van der Waals surface area contributed by atoms with Crippen molar-refractivity contribution in [1.82, 2.24) is 29.9 Å². The summed E-state index contributed by atoms with van der Waals surface area (Å²) >= 11 is 0. The Morgan fingerprint density at radius 2 is 1.91 bits per heavy atom. The monoisotopic (exact) mass is 613 g/mol. The van der Waals surface area contributed by atoms with Crippen molar-refractivity contribution in [2.45, 2.75) is 13.3 Å². The Kier molecular flexibility index (Phi) is 9.08. The first-order chi connectivity index (χ1) is 22.0. The van der Waals surface area contributed by atoms with Crippen molar-refractivity contribution in [2.75, 3.05) is 51.9 Å². The predicted octanol–water partition coefficient (Wildman–Crippen LogP) is 4.81. The number of ether oxygens (including phenoxy) is 4. The molecule has 0 spiro atoms. The van der Waals surface area contributed by atoms with E-state index in [1.807, 2.05) is 0 Å². The van der Waals surface area contributed by atoms with E-state index in [0.717, 1.165) is 39.3 Å². The summed E-state index contributed by atoms with van der Waals surface area (Å²) in [6.45, 7) is 6.55. The summed E-state index contributed by atoms with van der Waals surface area (Å²) in [5.74, 6) is 0.249. The molecule has 2 aromatic carbocycles. The number of anilines is 1. The Labute approximate surface area is 258 Å². The van der Waals surface area contributed by atoms with Crippen molar-refractivity contribution < 1.29 is 28.1 Å². The van der Waals surface area contributed by atoms with Gasteiger partial charge in [-0.05, 0) is 49.7 Å². The fourth-order valence-electron chi connectivity index (χ4n) is 5.02. The number of nitrogens with zero attached hydrogens (tertiary/aromatic N) is 6. The molecule has 5 aromatic rings. The molecule has 0 aliphatic carbocycles. The van der Waals surface area contributed by atoms with Crippen LogP contribution in [0.15, 0.2) is 67.1 Å².